The Bertz CT molecular complexity index is 710. The second-order valence-corrected chi connectivity index (χ2v) is 6.09. The summed E-state index contributed by atoms with van der Waals surface area (Å²) in [5.41, 5.74) is 0.532. The molecule has 2 aromatic heterocycles. The lowest BCUT2D eigenvalue weighted by Crippen LogP contribution is -2.41. The summed E-state index contributed by atoms with van der Waals surface area (Å²) in [5, 5.41) is 12.3. The molecule has 3 rings (SSSR count). The van der Waals surface area contributed by atoms with E-state index in [9.17, 15) is 9.59 Å². The molecule has 0 radical (unpaired) electrons. The Morgan fingerprint density at radius 2 is 2.00 bits per heavy atom. The quantitative estimate of drug-likeness (QED) is 0.743. The fourth-order valence-electron chi connectivity index (χ4n) is 2.94. The monoisotopic (exact) mass is 342 g/mol. The van der Waals surface area contributed by atoms with E-state index in [0.29, 0.717) is 24.0 Å². The van der Waals surface area contributed by atoms with E-state index in [1.54, 1.807) is 41.5 Å². The molecule has 8 nitrogen and oxygen atoms in total. The third-order valence-electron chi connectivity index (χ3n) is 4.22. The van der Waals surface area contributed by atoms with Gasteiger partial charge in [-0.15, -0.1) is 0 Å². The maximum Gasteiger partial charge on any atom is 0.315 e. The van der Waals surface area contributed by atoms with Gasteiger partial charge in [-0.2, -0.15) is 5.10 Å². The predicted molar refractivity (Wildman–Crippen MR) is 93.3 cm³/mol. The highest BCUT2D eigenvalue weighted by atomic mass is 16.2. The molecule has 8 heteroatoms. The van der Waals surface area contributed by atoms with Gasteiger partial charge in [0, 0.05) is 25.1 Å². The maximum absolute atomic E-state index is 12.1. The molecule has 2 heterocycles. The molecule has 0 aromatic carbocycles. The average Bonchev–Trinajstić information content (AvgIpc) is 3.32. The van der Waals surface area contributed by atoms with Gasteiger partial charge in [-0.25, -0.2) is 14.5 Å². The maximum atomic E-state index is 12.1. The van der Waals surface area contributed by atoms with Gasteiger partial charge in [-0.3, -0.25) is 4.79 Å². The molecule has 1 fully saturated rings. The van der Waals surface area contributed by atoms with Crippen LogP contribution in [0.1, 0.15) is 25.7 Å². The van der Waals surface area contributed by atoms with Gasteiger partial charge in [0.15, 0.2) is 5.82 Å². The topological polar surface area (TPSA) is 101 Å². The van der Waals surface area contributed by atoms with Gasteiger partial charge in [0.05, 0.1) is 12.2 Å². The van der Waals surface area contributed by atoms with Crippen molar-refractivity contribution in [2.24, 2.45) is 5.92 Å². The number of carbonyl (C=O) groups excluding carboxylic acids is 2. The number of carbonyl (C=O) groups is 2. The number of hydrogen-bond donors (Lipinski definition) is 3. The molecular formula is C17H22N6O2. The minimum Gasteiger partial charge on any atom is -0.338 e. The zero-order valence-corrected chi connectivity index (χ0v) is 13.9. The van der Waals surface area contributed by atoms with Gasteiger partial charge in [0.1, 0.15) is 0 Å². The number of aromatic nitrogens is 3. The summed E-state index contributed by atoms with van der Waals surface area (Å²) in [6.07, 6.45) is 9.81. The predicted octanol–water partition coefficient (Wildman–Crippen LogP) is 1.70. The Hall–Kier alpha value is -2.90. The standard InChI is InChI=1S/C17H22N6O2/c24-15(12-20-17(25)19-11-13-5-1-2-6-13)22-14-7-3-8-18-16(14)23-10-4-9-21-23/h3-4,7-10,13H,1-2,5-6,11-12H2,(H,22,24)(H2,19,20,25). The van der Waals surface area contributed by atoms with Crippen molar-refractivity contribution in [3.63, 3.8) is 0 Å². The number of rotatable bonds is 6. The van der Waals surface area contributed by atoms with Gasteiger partial charge in [-0.1, -0.05) is 12.8 Å². The Labute approximate surface area is 146 Å². The third-order valence-corrected chi connectivity index (χ3v) is 4.22. The molecule has 1 saturated carbocycles. The van der Waals surface area contributed by atoms with Crippen LogP contribution in [-0.4, -0.2) is 39.8 Å². The molecule has 1 aliphatic carbocycles. The van der Waals surface area contributed by atoms with Crippen LogP contribution in [0, 0.1) is 5.92 Å². The minimum absolute atomic E-state index is 0.107. The lowest BCUT2D eigenvalue weighted by atomic mass is 10.1. The van der Waals surface area contributed by atoms with E-state index in [-0.39, 0.29) is 18.5 Å². The van der Waals surface area contributed by atoms with Crippen LogP contribution in [0.25, 0.3) is 5.82 Å². The number of pyridine rings is 1. The van der Waals surface area contributed by atoms with Crippen LogP contribution in [0.15, 0.2) is 36.8 Å². The number of hydrogen-bond acceptors (Lipinski definition) is 4. The average molecular weight is 342 g/mol. The lowest BCUT2D eigenvalue weighted by molar-refractivity contribution is -0.115. The van der Waals surface area contributed by atoms with E-state index < -0.39 is 0 Å². The number of nitrogens with zero attached hydrogens (tertiary/aromatic N) is 3. The van der Waals surface area contributed by atoms with Crippen molar-refractivity contribution in [3.05, 3.63) is 36.8 Å². The van der Waals surface area contributed by atoms with Gasteiger partial charge >= 0.3 is 6.03 Å². The van der Waals surface area contributed by atoms with Gasteiger partial charge in [-0.05, 0) is 37.0 Å². The highest BCUT2D eigenvalue weighted by Gasteiger charge is 2.16. The van der Waals surface area contributed by atoms with Crippen molar-refractivity contribution in [2.45, 2.75) is 25.7 Å². The Kier molecular flexibility index (Phi) is 5.61. The van der Waals surface area contributed by atoms with E-state index in [0.717, 1.165) is 12.8 Å². The summed E-state index contributed by atoms with van der Waals surface area (Å²) in [4.78, 5) is 28.1. The largest absolute Gasteiger partial charge is 0.338 e. The molecule has 1 aliphatic rings. The molecule has 0 atom stereocenters. The Morgan fingerprint density at radius 3 is 2.76 bits per heavy atom. The molecule has 132 valence electrons. The fraction of sp³-hybridized carbons (Fsp3) is 0.412. The van der Waals surface area contributed by atoms with Crippen LogP contribution in [-0.2, 0) is 4.79 Å². The summed E-state index contributed by atoms with van der Waals surface area (Å²) in [7, 11) is 0. The molecule has 0 bridgehead atoms. The van der Waals surface area contributed by atoms with E-state index >= 15 is 0 Å². The summed E-state index contributed by atoms with van der Waals surface area (Å²) in [6.45, 7) is 0.559. The zero-order chi connectivity index (χ0) is 17.5. The Morgan fingerprint density at radius 1 is 1.16 bits per heavy atom. The lowest BCUT2D eigenvalue weighted by Gasteiger charge is -2.12. The molecule has 3 amide bonds. The first-order chi connectivity index (χ1) is 12.2. The first-order valence-corrected chi connectivity index (χ1v) is 8.49. The van der Waals surface area contributed by atoms with Crippen LogP contribution in [0.5, 0.6) is 0 Å². The molecule has 0 spiro atoms. The van der Waals surface area contributed by atoms with Crippen LogP contribution in [0.4, 0.5) is 10.5 Å². The summed E-state index contributed by atoms with van der Waals surface area (Å²) < 4.78 is 1.57. The first-order valence-electron chi connectivity index (χ1n) is 8.49. The van der Waals surface area contributed by atoms with E-state index in [4.69, 9.17) is 0 Å². The van der Waals surface area contributed by atoms with Crippen molar-refractivity contribution in [2.75, 3.05) is 18.4 Å². The van der Waals surface area contributed by atoms with E-state index in [1.807, 2.05) is 0 Å². The summed E-state index contributed by atoms with van der Waals surface area (Å²) in [5.74, 6) is 0.760. The van der Waals surface area contributed by atoms with Gasteiger partial charge in [0.2, 0.25) is 5.91 Å². The summed E-state index contributed by atoms with van der Waals surface area (Å²) >= 11 is 0. The minimum atomic E-state index is -0.322. The van der Waals surface area contributed by atoms with Crippen molar-refractivity contribution in [3.8, 4) is 5.82 Å². The number of nitrogens with one attached hydrogen (secondary N) is 3. The van der Waals surface area contributed by atoms with Crippen molar-refractivity contribution in [1.82, 2.24) is 25.4 Å². The van der Waals surface area contributed by atoms with Crippen LogP contribution >= 0.6 is 0 Å². The number of urea groups is 1. The van der Waals surface area contributed by atoms with Crippen LogP contribution in [0.2, 0.25) is 0 Å². The third kappa shape index (κ3) is 4.79. The summed E-state index contributed by atoms with van der Waals surface area (Å²) in [6, 6.07) is 4.92. The normalized spacial score (nSPS) is 14.2. The Balaban J connectivity index is 1.47. The molecular weight excluding hydrogens is 320 g/mol. The fourth-order valence-corrected chi connectivity index (χ4v) is 2.94. The van der Waals surface area contributed by atoms with E-state index in [2.05, 4.69) is 26.0 Å². The molecule has 3 N–H and O–H groups in total. The van der Waals surface area contributed by atoms with Gasteiger partial charge in [0.25, 0.3) is 0 Å². The zero-order valence-electron chi connectivity index (χ0n) is 13.9. The van der Waals surface area contributed by atoms with Gasteiger partial charge < -0.3 is 16.0 Å². The molecule has 25 heavy (non-hydrogen) atoms. The van der Waals surface area contributed by atoms with Crippen molar-refractivity contribution >= 4 is 17.6 Å². The van der Waals surface area contributed by atoms with Crippen molar-refractivity contribution < 1.29 is 9.59 Å². The van der Waals surface area contributed by atoms with Crippen LogP contribution < -0.4 is 16.0 Å². The van der Waals surface area contributed by atoms with Crippen molar-refractivity contribution in [1.29, 1.82) is 0 Å². The number of amides is 3. The first kappa shape index (κ1) is 16.9. The molecule has 0 saturated heterocycles. The number of anilines is 1. The highest BCUT2D eigenvalue weighted by Crippen LogP contribution is 2.23. The van der Waals surface area contributed by atoms with E-state index in [1.165, 1.54) is 12.8 Å². The molecule has 2 aromatic rings. The van der Waals surface area contributed by atoms with Crippen LogP contribution in [0.3, 0.4) is 0 Å². The highest BCUT2D eigenvalue weighted by molar-refractivity contribution is 5.95. The SMILES string of the molecule is O=C(CNC(=O)NCC1CCCC1)Nc1cccnc1-n1cccn1. The smallest absolute Gasteiger partial charge is 0.315 e. The second kappa shape index (κ2) is 8.27. The second-order valence-electron chi connectivity index (χ2n) is 6.09. The molecule has 0 aliphatic heterocycles. The molecule has 0 unspecified atom stereocenters.